The number of nitrogens with zero attached hydrogens (tertiary/aromatic N) is 1. The van der Waals surface area contributed by atoms with E-state index in [0.29, 0.717) is 12.1 Å². The molecule has 1 aromatic heterocycles. The average Bonchev–Trinajstić information content (AvgIpc) is 3.18. The van der Waals surface area contributed by atoms with E-state index in [1.165, 1.54) is 0 Å². The van der Waals surface area contributed by atoms with Crippen LogP contribution in [0.2, 0.25) is 0 Å². The Morgan fingerprint density at radius 2 is 2.04 bits per heavy atom. The number of hydrogen-bond donors (Lipinski definition) is 1. The number of amides is 1. The van der Waals surface area contributed by atoms with Crippen LogP contribution in [-0.2, 0) is 4.74 Å². The SMILES string of the molecule is COc1ccc(-c2ccc(C(=O)NC[C@@]3(C)CCCO3)cc2)c2cccnc12. The molecule has 144 valence electrons. The number of nitrogens with one attached hydrogen (secondary N) is 1. The molecule has 28 heavy (non-hydrogen) atoms. The summed E-state index contributed by atoms with van der Waals surface area (Å²) in [6.45, 7) is 3.35. The summed E-state index contributed by atoms with van der Waals surface area (Å²) in [5.41, 5.74) is 3.31. The van der Waals surface area contributed by atoms with Crippen LogP contribution in [0, 0.1) is 0 Å². The molecule has 0 unspecified atom stereocenters. The van der Waals surface area contributed by atoms with Gasteiger partial charge in [0.2, 0.25) is 0 Å². The Bertz CT molecular complexity index is 992. The van der Waals surface area contributed by atoms with Crippen molar-refractivity contribution in [3.63, 3.8) is 0 Å². The van der Waals surface area contributed by atoms with Crippen molar-refractivity contribution < 1.29 is 14.3 Å². The van der Waals surface area contributed by atoms with E-state index in [-0.39, 0.29) is 11.5 Å². The third kappa shape index (κ3) is 3.58. The Hall–Kier alpha value is -2.92. The van der Waals surface area contributed by atoms with E-state index in [4.69, 9.17) is 9.47 Å². The average molecular weight is 376 g/mol. The van der Waals surface area contributed by atoms with Crippen molar-refractivity contribution >= 4 is 16.8 Å². The van der Waals surface area contributed by atoms with Crippen LogP contribution in [-0.4, -0.2) is 36.8 Å². The molecule has 0 spiro atoms. The van der Waals surface area contributed by atoms with E-state index in [1.54, 1.807) is 13.3 Å². The lowest BCUT2D eigenvalue weighted by atomic mass is 9.98. The third-order valence-electron chi connectivity index (χ3n) is 5.33. The first-order chi connectivity index (χ1) is 13.6. The van der Waals surface area contributed by atoms with Crippen molar-refractivity contribution in [1.82, 2.24) is 10.3 Å². The first-order valence-corrected chi connectivity index (χ1v) is 9.54. The fourth-order valence-electron chi connectivity index (χ4n) is 3.71. The molecule has 5 heteroatoms. The minimum Gasteiger partial charge on any atom is -0.494 e. The summed E-state index contributed by atoms with van der Waals surface area (Å²) in [7, 11) is 1.65. The summed E-state index contributed by atoms with van der Waals surface area (Å²) in [6, 6.07) is 15.5. The van der Waals surface area contributed by atoms with Crippen LogP contribution >= 0.6 is 0 Å². The van der Waals surface area contributed by atoms with Gasteiger partial charge in [-0.05, 0) is 61.2 Å². The van der Waals surface area contributed by atoms with Crippen LogP contribution in [0.5, 0.6) is 5.75 Å². The molecule has 0 saturated carbocycles. The van der Waals surface area contributed by atoms with Crippen LogP contribution in [0.15, 0.2) is 54.7 Å². The highest BCUT2D eigenvalue weighted by molar-refractivity contribution is 5.99. The normalized spacial score (nSPS) is 18.9. The monoisotopic (exact) mass is 376 g/mol. The molecule has 5 nitrogen and oxygen atoms in total. The Morgan fingerprint density at radius 3 is 2.75 bits per heavy atom. The molecule has 4 rings (SSSR count). The van der Waals surface area contributed by atoms with Crippen LogP contribution in [0.1, 0.15) is 30.1 Å². The number of hydrogen-bond acceptors (Lipinski definition) is 4. The van der Waals surface area contributed by atoms with Gasteiger partial charge < -0.3 is 14.8 Å². The van der Waals surface area contributed by atoms with E-state index >= 15 is 0 Å². The Morgan fingerprint density at radius 1 is 1.21 bits per heavy atom. The Balaban J connectivity index is 1.55. The largest absolute Gasteiger partial charge is 0.494 e. The molecule has 0 aliphatic carbocycles. The molecule has 0 radical (unpaired) electrons. The molecule has 0 bridgehead atoms. The van der Waals surface area contributed by atoms with Gasteiger partial charge in [-0.15, -0.1) is 0 Å². The van der Waals surface area contributed by atoms with Gasteiger partial charge in [-0.1, -0.05) is 18.2 Å². The number of rotatable bonds is 5. The second-order valence-electron chi connectivity index (χ2n) is 7.38. The second kappa shape index (κ2) is 7.60. The van der Waals surface area contributed by atoms with Crippen molar-refractivity contribution in [1.29, 1.82) is 0 Å². The topological polar surface area (TPSA) is 60.5 Å². The lowest BCUT2D eigenvalue weighted by Crippen LogP contribution is -2.40. The maximum atomic E-state index is 12.5. The van der Waals surface area contributed by atoms with Crippen molar-refractivity contribution in [2.75, 3.05) is 20.3 Å². The molecule has 1 aliphatic heterocycles. The molecular formula is C23H24N2O3. The predicted octanol–water partition coefficient (Wildman–Crippen LogP) is 4.21. The number of pyridine rings is 1. The quantitative estimate of drug-likeness (QED) is 0.725. The number of fused-ring (bicyclic) bond motifs is 1. The fraction of sp³-hybridized carbons (Fsp3) is 0.304. The lowest BCUT2D eigenvalue weighted by molar-refractivity contribution is 0.0206. The minimum absolute atomic E-state index is 0.0791. The van der Waals surface area contributed by atoms with Gasteiger partial charge in [-0.3, -0.25) is 9.78 Å². The van der Waals surface area contributed by atoms with Gasteiger partial charge in [0.15, 0.2) is 0 Å². The van der Waals surface area contributed by atoms with E-state index in [1.807, 2.05) is 55.5 Å². The number of carbonyl (C=O) groups is 1. The van der Waals surface area contributed by atoms with Crippen molar-refractivity contribution in [2.24, 2.45) is 0 Å². The predicted molar refractivity (Wildman–Crippen MR) is 110 cm³/mol. The molecule has 1 fully saturated rings. The molecule has 2 aromatic carbocycles. The zero-order chi connectivity index (χ0) is 19.6. The maximum Gasteiger partial charge on any atom is 0.251 e. The second-order valence-corrected chi connectivity index (χ2v) is 7.38. The molecule has 1 aliphatic rings. The zero-order valence-corrected chi connectivity index (χ0v) is 16.2. The number of methoxy groups -OCH3 is 1. The molecule has 1 N–H and O–H groups in total. The van der Waals surface area contributed by atoms with Crippen LogP contribution in [0.4, 0.5) is 0 Å². The summed E-state index contributed by atoms with van der Waals surface area (Å²) in [4.78, 5) is 16.9. The third-order valence-corrected chi connectivity index (χ3v) is 5.33. The van der Waals surface area contributed by atoms with Gasteiger partial charge in [-0.2, -0.15) is 0 Å². The smallest absolute Gasteiger partial charge is 0.251 e. The van der Waals surface area contributed by atoms with E-state index in [0.717, 1.165) is 47.2 Å². The number of benzene rings is 2. The zero-order valence-electron chi connectivity index (χ0n) is 16.2. The van der Waals surface area contributed by atoms with Gasteiger partial charge in [0, 0.05) is 30.3 Å². The molecule has 2 heterocycles. The summed E-state index contributed by atoms with van der Waals surface area (Å²) in [6.07, 6.45) is 3.78. The van der Waals surface area contributed by atoms with Crippen LogP contribution in [0.25, 0.3) is 22.0 Å². The number of carbonyl (C=O) groups excluding carboxylic acids is 1. The summed E-state index contributed by atoms with van der Waals surface area (Å²) >= 11 is 0. The highest BCUT2D eigenvalue weighted by Gasteiger charge is 2.30. The Labute approximate surface area is 164 Å². The summed E-state index contributed by atoms with van der Waals surface area (Å²) in [5.74, 6) is 0.669. The van der Waals surface area contributed by atoms with Gasteiger partial charge >= 0.3 is 0 Å². The van der Waals surface area contributed by atoms with E-state index in [2.05, 4.69) is 10.3 Å². The van der Waals surface area contributed by atoms with Crippen LogP contribution < -0.4 is 10.1 Å². The van der Waals surface area contributed by atoms with Gasteiger partial charge in [0.1, 0.15) is 11.3 Å². The van der Waals surface area contributed by atoms with Crippen LogP contribution in [0.3, 0.4) is 0 Å². The van der Waals surface area contributed by atoms with Crippen molar-refractivity contribution in [3.8, 4) is 16.9 Å². The standard InChI is InChI=1S/C23H24N2O3/c1-23(12-4-14-28-23)15-25-22(26)17-8-6-16(7-9-17)18-10-11-20(27-2)21-19(18)5-3-13-24-21/h3,5-11,13H,4,12,14-15H2,1-2H3,(H,25,26)/t23-/m1/s1. The van der Waals surface area contributed by atoms with Gasteiger partial charge in [0.25, 0.3) is 5.91 Å². The van der Waals surface area contributed by atoms with E-state index < -0.39 is 0 Å². The molecular weight excluding hydrogens is 352 g/mol. The molecule has 1 atom stereocenters. The first-order valence-electron chi connectivity index (χ1n) is 9.54. The lowest BCUT2D eigenvalue weighted by Gasteiger charge is -2.23. The van der Waals surface area contributed by atoms with Crippen molar-refractivity contribution in [3.05, 3.63) is 60.3 Å². The Kier molecular flexibility index (Phi) is 5.01. The number of aromatic nitrogens is 1. The van der Waals surface area contributed by atoms with Gasteiger partial charge in [0.05, 0.1) is 12.7 Å². The highest BCUT2D eigenvalue weighted by Crippen LogP contribution is 2.33. The minimum atomic E-state index is -0.245. The summed E-state index contributed by atoms with van der Waals surface area (Å²) in [5, 5.41) is 4.01. The highest BCUT2D eigenvalue weighted by atomic mass is 16.5. The molecule has 1 amide bonds. The van der Waals surface area contributed by atoms with E-state index in [9.17, 15) is 4.79 Å². The van der Waals surface area contributed by atoms with Crippen molar-refractivity contribution in [2.45, 2.75) is 25.4 Å². The number of ether oxygens (including phenoxy) is 2. The van der Waals surface area contributed by atoms with Gasteiger partial charge in [-0.25, -0.2) is 0 Å². The maximum absolute atomic E-state index is 12.5. The molecule has 3 aromatic rings. The summed E-state index contributed by atoms with van der Waals surface area (Å²) < 4.78 is 11.2. The molecule has 1 saturated heterocycles. The fourth-order valence-corrected chi connectivity index (χ4v) is 3.71. The first kappa shape index (κ1) is 18.4.